The molecule has 0 aromatic heterocycles. The van der Waals surface area contributed by atoms with Crippen LogP contribution in [0.4, 0.5) is 0 Å². The third-order valence-electron chi connectivity index (χ3n) is 4.97. The molecule has 2 aliphatic heterocycles. The van der Waals surface area contributed by atoms with Gasteiger partial charge in [-0.25, -0.2) is 0 Å². The van der Waals surface area contributed by atoms with Gasteiger partial charge in [-0.05, 0) is 20.8 Å². The van der Waals surface area contributed by atoms with E-state index in [4.69, 9.17) is 4.74 Å². The predicted octanol–water partition coefficient (Wildman–Crippen LogP) is 1.23. The lowest BCUT2D eigenvalue weighted by atomic mass is 9.78. The van der Waals surface area contributed by atoms with E-state index in [-0.39, 0.29) is 34.2 Å². The molecule has 4 rings (SSSR count). The van der Waals surface area contributed by atoms with Crippen LogP contribution in [-0.2, 0) is 14.3 Å². The Kier molecular flexibility index (Phi) is 4.24. The Hall–Kier alpha value is -2.45. The summed E-state index contributed by atoms with van der Waals surface area (Å²) in [5.41, 5.74) is -1.34. The number of piperazine rings is 1. The minimum atomic E-state index is -1.53. The van der Waals surface area contributed by atoms with Crippen molar-refractivity contribution < 1.29 is 23.9 Å². The number of amides is 2. The van der Waals surface area contributed by atoms with E-state index in [9.17, 15) is 19.2 Å². The van der Waals surface area contributed by atoms with Gasteiger partial charge < -0.3 is 15.4 Å². The van der Waals surface area contributed by atoms with Gasteiger partial charge in [0.15, 0.2) is 11.3 Å². The van der Waals surface area contributed by atoms with E-state index in [1.54, 1.807) is 24.3 Å². The van der Waals surface area contributed by atoms with Crippen LogP contribution in [0.3, 0.4) is 0 Å². The molecule has 1 aromatic rings. The molecule has 1 saturated heterocycles. The highest BCUT2D eigenvalue weighted by Gasteiger charge is 2.58. The van der Waals surface area contributed by atoms with Crippen LogP contribution in [0.15, 0.2) is 34.7 Å². The zero-order chi connectivity index (χ0) is 20.3. The van der Waals surface area contributed by atoms with E-state index in [0.717, 1.165) is 11.8 Å². The highest BCUT2D eigenvalue weighted by molar-refractivity contribution is 8.04. The van der Waals surface area contributed by atoms with Crippen molar-refractivity contribution >= 4 is 35.1 Å². The number of hydrogen-bond donors (Lipinski definition) is 2. The summed E-state index contributed by atoms with van der Waals surface area (Å²) in [4.78, 5) is 51.9. The first-order chi connectivity index (χ1) is 13.1. The molecule has 0 saturated carbocycles. The lowest BCUT2D eigenvalue weighted by Gasteiger charge is -2.39. The number of allylic oxidation sites excluding steroid dienone is 1. The Bertz CT molecular complexity index is 962. The highest BCUT2D eigenvalue weighted by atomic mass is 32.2. The first-order valence-electron chi connectivity index (χ1n) is 8.97. The van der Waals surface area contributed by atoms with Crippen molar-refractivity contribution in [1.29, 1.82) is 0 Å². The van der Waals surface area contributed by atoms with Crippen LogP contribution in [0.5, 0.6) is 0 Å². The Morgan fingerprint density at radius 1 is 1.11 bits per heavy atom. The topological polar surface area (TPSA) is 102 Å². The molecule has 28 heavy (non-hydrogen) atoms. The summed E-state index contributed by atoms with van der Waals surface area (Å²) in [5.74, 6) is -1.50. The maximum Gasteiger partial charge on any atom is 0.252 e. The average molecular weight is 400 g/mol. The normalized spacial score (nSPS) is 26.9. The van der Waals surface area contributed by atoms with Crippen LogP contribution in [0.2, 0.25) is 0 Å². The molecule has 2 atom stereocenters. The number of rotatable bonds is 2. The molecule has 2 amide bonds. The van der Waals surface area contributed by atoms with Crippen LogP contribution >= 0.6 is 11.8 Å². The molecular formula is C20H20N2O5S. The third-order valence-corrected chi connectivity index (χ3v) is 6.22. The van der Waals surface area contributed by atoms with E-state index in [1.165, 1.54) is 0 Å². The van der Waals surface area contributed by atoms with Gasteiger partial charge in [0.05, 0.1) is 22.7 Å². The molecule has 0 radical (unpaired) electrons. The summed E-state index contributed by atoms with van der Waals surface area (Å²) in [6.45, 7) is 5.58. The number of hydrogen-bond acceptors (Lipinski definition) is 6. The zero-order valence-corrected chi connectivity index (χ0v) is 16.6. The molecule has 1 aliphatic carbocycles. The van der Waals surface area contributed by atoms with Gasteiger partial charge in [0.1, 0.15) is 6.04 Å². The Labute approximate surface area is 166 Å². The van der Waals surface area contributed by atoms with E-state index in [2.05, 4.69) is 10.6 Å². The van der Waals surface area contributed by atoms with Crippen molar-refractivity contribution in [1.82, 2.24) is 10.6 Å². The van der Waals surface area contributed by atoms with E-state index in [1.807, 2.05) is 20.8 Å². The fourth-order valence-corrected chi connectivity index (χ4v) is 4.92. The van der Waals surface area contributed by atoms with Gasteiger partial charge in [-0.1, -0.05) is 24.3 Å². The number of ketones is 2. The number of fused-ring (bicyclic) bond motifs is 2. The van der Waals surface area contributed by atoms with Crippen LogP contribution in [0, 0.1) is 0 Å². The first-order valence-corrected chi connectivity index (χ1v) is 9.95. The number of carbonyl (C=O) groups is 4. The molecule has 3 aliphatic rings. The van der Waals surface area contributed by atoms with Crippen molar-refractivity contribution in [2.45, 2.75) is 38.0 Å². The van der Waals surface area contributed by atoms with Gasteiger partial charge in [-0.3, -0.25) is 19.2 Å². The van der Waals surface area contributed by atoms with Gasteiger partial charge >= 0.3 is 0 Å². The summed E-state index contributed by atoms with van der Waals surface area (Å²) in [7, 11) is 0. The third kappa shape index (κ3) is 2.79. The van der Waals surface area contributed by atoms with Gasteiger partial charge in [0.2, 0.25) is 11.7 Å². The molecule has 0 unspecified atom stereocenters. The summed E-state index contributed by atoms with van der Waals surface area (Å²) < 4.78 is 5.62. The molecule has 1 spiro atoms. The molecule has 7 nitrogen and oxygen atoms in total. The Morgan fingerprint density at radius 3 is 2.39 bits per heavy atom. The maximum atomic E-state index is 13.1. The van der Waals surface area contributed by atoms with Crippen molar-refractivity contribution in [3.63, 3.8) is 0 Å². The second kappa shape index (κ2) is 6.28. The maximum absolute atomic E-state index is 13.1. The summed E-state index contributed by atoms with van der Waals surface area (Å²) in [6.07, 6.45) is 0. The van der Waals surface area contributed by atoms with Crippen LogP contribution < -0.4 is 10.6 Å². The minimum Gasteiger partial charge on any atom is -0.373 e. The molecule has 0 bridgehead atoms. The van der Waals surface area contributed by atoms with Crippen LogP contribution in [0.25, 0.3) is 0 Å². The SMILES string of the molecule is CC(C)(C)OC[C@@H]1NC(=O)[C@@]2(CSC3=C2C(=O)c2ccccc2C3=O)NC1=O. The molecular weight excluding hydrogens is 380 g/mol. The molecule has 1 fully saturated rings. The summed E-state index contributed by atoms with van der Waals surface area (Å²) in [6, 6.07) is 5.68. The van der Waals surface area contributed by atoms with Crippen LogP contribution in [-0.4, -0.2) is 52.9 Å². The number of nitrogens with one attached hydrogen (secondary N) is 2. The summed E-state index contributed by atoms with van der Waals surface area (Å²) in [5, 5.41) is 5.40. The lowest BCUT2D eigenvalue weighted by Crippen LogP contribution is -2.72. The monoisotopic (exact) mass is 400 g/mol. The number of thioether (sulfide) groups is 1. The molecule has 2 N–H and O–H groups in total. The number of ether oxygens (including phenoxy) is 1. The van der Waals surface area contributed by atoms with Gasteiger partial charge in [-0.2, -0.15) is 0 Å². The van der Waals surface area contributed by atoms with Gasteiger partial charge in [0, 0.05) is 16.9 Å². The fraction of sp³-hybridized carbons (Fsp3) is 0.400. The number of Topliss-reactive ketones (excluding diaryl/α,β-unsaturated/α-hetero) is 2. The molecule has 2 heterocycles. The highest BCUT2D eigenvalue weighted by Crippen LogP contribution is 2.46. The second-order valence-electron chi connectivity index (χ2n) is 8.04. The van der Waals surface area contributed by atoms with Gasteiger partial charge in [-0.15, -0.1) is 11.8 Å². The molecule has 1 aromatic carbocycles. The standard InChI is InChI=1S/C20H20N2O5S/c1-19(2,3)27-8-12-17(25)22-20(18(26)21-12)9-28-16-13(20)14(23)10-6-4-5-7-11(10)15(16)24/h4-7,12H,8-9H2,1-3H3,(H,21,26)(H,22,25)/t12-,20-/m0/s1. The largest absolute Gasteiger partial charge is 0.373 e. The predicted molar refractivity (Wildman–Crippen MR) is 103 cm³/mol. The van der Waals surface area contributed by atoms with Crippen molar-refractivity contribution in [2.75, 3.05) is 12.4 Å². The quantitative estimate of drug-likeness (QED) is 0.774. The molecule has 146 valence electrons. The van der Waals surface area contributed by atoms with Crippen molar-refractivity contribution in [3.8, 4) is 0 Å². The van der Waals surface area contributed by atoms with E-state index < -0.39 is 34.8 Å². The minimum absolute atomic E-state index is 0.0198. The van der Waals surface area contributed by atoms with Crippen molar-refractivity contribution in [3.05, 3.63) is 45.9 Å². The average Bonchev–Trinajstić information content (AvgIpc) is 3.01. The lowest BCUT2D eigenvalue weighted by molar-refractivity contribution is -0.142. The van der Waals surface area contributed by atoms with Gasteiger partial charge in [0.25, 0.3) is 5.91 Å². The Morgan fingerprint density at radius 2 is 1.75 bits per heavy atom. The van der Waals surface area contributed by atoms with E-state index >= 15 is 0 Å². The smallest absolute Gasteiger partial charge is 0.252 e. The van der Waals surface area contributed by atoms with Crippen molar-refractivity contribution in [2.24, 2.45) is 0 Å². The molecule has 8 heteroatoms. The van der Waals surface area contributed by atoms with Crippen LogP contribution in [0.1, 0.15) is 41.5 Å². The fourth-order valence-electron chi connectivity index (χ4n) is 3.56. The first kappa shape index (κ1) is 18.9. The zero-order valence-electron chi connectivity index (χ0n) is 15.8. The van der Waals surface area contributed by atoms with E-state index in [0.29, 0.717) is 5.56 Å². The number of benzene rings is 1. The second-order valence-corrected chi connectivity index (χ2v) is 9.03. The number of carbonyl (C=O) groups excluding carboxylic acids is 4. The summed E-state index contributed by atoms with van der Waals surface area (Å²) >= 11 is 1.13. The Balaban J connectivity index is 1.67.